The van der Waals surface area contributed by atoms with Gasteiger partial charge < -0.3 is 24.6 Å². The molecule has 3 fully saturated rings. The van der Waals surface area contributed by atoms with E-state index in [1.54, 1.807) is 0 Å². The molecular formula is C19H35N3O3. The van der Waals surface area contributed by atoms with Gasteiger partial charge in [0.1, 0.15) is 5.60 Å². The van der Waals surface area contributed by atoms with Crippen molar-refractivity contribution in [3.63, 3.8) is 0 Å². The number of carbonyl (C=O) groups is 1. The summed E-state index contributed by atoms with van der Waals surface area (Å²) in [6, 6.07) is 0. The Bertz CT molecular complexity index is 432. The van der Waals surface area contributed by atoms with E-state index in [0.717, 1.165) is 71.5 Å². The number of ether oxygens (including phenoxy) is 2. The zero-order valence-electron chi connectivity index (χ0n) is 16.1. The lowest BCUT2D eigenvalue weighted by Gasteiger charge is -2.43. The molecule has 1 N–H and O–H groups in total. The van der Waals surface area contributed by atoms with E-state index in [4.69, 9.17) is 9.47 Å². The summed E-state index contributed by atoms with van der Waals surface area (Å²) < 4.78 is 11.7. The standard InChI is InChI=1S/C19H35N3O3/c1-19(2,3)25-18(23)22-13-15(14-22)12-21-10-6-17(7-11-21)24-16-4-8-20-9-5-16/h15-17,20H,4-14H2,1-3H3. The Kier molecular flexibility index (Phi) is 6.23. The van der Waals surface area contributed by atoms with Crippen LogP contribution in [0, 0.1) is 5.92 Å². The number of rotatable bonds is 4. The van der Waals surface area contributed by atoms with Crippen LogP contribution in [0.5, 0.6) is 0 Å². The molecule has 0 spiro atoms. The number of nitrogens with one attached hydrogen (secondary N) is 1. The molecule has 3 saturated heterocycles. The topological polar surface area (TPSA) is 54.0 Å². The molecular weight excluding hydrogens is 318 g/mol. The minimum Gasteiger partial charge on any atom is -0.444 e. The van der Waals surface area contributed by atoms with Crippen LogP contribution in [0.1, 0.15) is 46.5 Å². The summed E-state index contributed by atoms with van der Waals surface area (Å²) in [4.78, 5) is 16.3. The number of hydrogen-bond donors (Lipinski definition) is 1. The third-order valence-corrected chi connectivity index (χ3v) is 5.33. The van der Waals surface area contributed by atoms with Crippen LogP contribution >= 0.6 is 0 Å². The smallest absolute Gasteiger partial charge is 0.410 e. The molecule has 0 unspecified atom stereocenters. The maximum absolute atomic E-state index is 12.0. The minimum atomic E-state index is -0.404. The van der Waals surface area contributed by atoms with Gasteiger partial charge >= 0.3 is 6.09 Å². The van der Waals surface area contributed by atoms with Crippen LogP contribution in [0.15, 0.2) is 0 Å². The fourth-order valence-corrected chi connectivity index (χ4v) is 3.96. The summed E-state index contributed by atoms with van der Waals surface area (Å²) in [5, 5.41) is 3.39. The maximum atomic E-state index is 12.0. The van der Waals surface area contributed by atoms with Gasteiger partial charge in [-0.2, -0.15) is 0 Å². The van der Waals surface area contributed by atoms with E-state index in [9.17, 15) is 4.79 Å². The van der Waals surface area contributed by atoms with Gasteiger partial charge in [-0.15, -0.1) is 0 Å². The van der Waals surface area contributed by atoms with E-state index in [0.29, 0.717) is 18.1 Å². The minimum absolute atomic E-state index is 0.169. The molecule has 0 atom stereocenters. The van der Waals surface area contributed by atoms with Gasteiger partial charge in [-0.05, 0) is 59.5 Å². The fourth-order valence-electron chi connectivity index (χ4n) is 3.96. The highest BCUT2D eigenvalue weighted by molar-refractivity contribution is 5.69. The largest absolute Gasteiger partial charge is 0.444 e. The Morgan fingerprint density at radius 2 is 1.64 bits per heavy atom. The first kappa shape index (κ1) is 18.9. The first-order chi connectivity index (χ1) is 11.9. The average molecular weight is 354 g/mol. The van der Waals surface area contributed by atoms with Gasteiger partial charge in [0.05, 0.1) is 12.2 Å². The van der Waals surface area contributed by atoms with Crippen LogP contribution in [0.25, 0.3) is 0 Å². The number of piperidine rings is 2. The second-order valence-corrected chi connectivity index (χ2v) is 8.84. The van der Waals surface area contributed by atoms with Crippen molar-refractivity contribution in [2.45, 2.75) is 64.3 Å². The van der Waals surface area contributed by atoms with Crippen molar-refractivity contribution in [3.8, 4) is 0 Å². The number of nitrogens with zero attached hydrogens (tertiary/aromatic N) is 2. The van der Waals surface area contributed by atoms with Crippen LogP contribution in [-0.4, -0.2) is 79.5 Å². The molecule has 0 aliphatic carbocycles. The van der Waals surface area contributed by atoms with E-state index in [-0.39, 0.29) is 6.09 Å². The molecule has 144 valence electrons. The Morgan fingerprint density at radius 3 is 2.24 bits per heavy atom. The Labute approximate surface area is 152 Å². The third-order valence-electron chi connectivity index (χ3n) is 5.33. The lowest BCUT2D eigenvalue weighted by Crippen LogP contribution is -2.55. The molecule has 0 aromatic rings. The molecule has 3 rings (SSSR count). The highest BCUT2D eigenvalue weighted by Gasteiger charge is 2.35. The van der Waals surface area contributed by atoms with Gasteiger partial charge in [-0.3, -0.25) is 0 Å². The number of hydrogen-bond acceptors (Lipinski definition) is 5. The van der Waals surface area contributed by atoms with Gasteiger partial charge in [0.2, 0.25) is 0 Å². The van der Waals surface area contributed by atoms with Crippen molar-refractivity contribution >= 4 is 6.09 Å². The van der Waals surface area contributed by atoms with Crippen molar-refractivity contribution in [1.82, 2.24) is 15.1 Å². The second-order valence-electron chi connectivity index (χ2n) is 8.84. The molecule has 0 saturated carbocycles. The summed E-state index contributed by atoms with van der Waals surface area (Å²) in [6.45, 7) is 12.9. The van der Waals surface area contributed by atoms with Crippen LogP contribution in [0.2, 0.25) is 0 Å². The zero-order chi connectivity index (χ0) is 17.9. The number of amides is 1. The Hall–Kier alpha value is -0.850. The van der Waals surface area contributed by atoms with E-state index in [2.05, 4.69) is 10.2 Å². The van der Waals surface area contributed by atoms with Crippen molar-refractivity contribution in [1.29, 1.82) is 0 Å². The first-order valence-electron chi connectivity index (χ1n) is 9.95. The van der Waals surface area contributed by atoms with Crippen LogP contribution < -0.4 is 5.32 Å². The predicted octanol–water partition coefficient (Wildman–Crippen LogP) is 2.09. The summed E-state index contributed by atoms with van der Waals surface area (Å²) in [5.41, 5.74) is -0.404. The maximum Gasteiger partial charge on any atom is 0.410 e. The van der Waals surface area contributed by atoms with Crippen molar-refractivity contribution < 1.29 is 14.3 Å². The lowest BCUT2D eigenvalue weighted by molar-refractivity contribution is -0.0578. The quantitative estimate of drug-likeness (QED) is 0.839. The van der Waals surface area contributed by atoms with E-state index >= 15 is 0 Å². The second kappa shape index (κ2) is 8.23. The molecule has 0 bridgehead atoms. The molecule has 25 heavy (non-hydrogen) atoms. The van der Waals surface area contributed by atoms with Gasteiger partial charge in [0.25, 0.3) is 0 Å². The highest BCUT2D eigenvalue weighted by atomic mass is 16.6. The summed E-state index contributed by atoms with van der Waals surface area (Å²) in [5.74, 6) is 0.592. The molecule has 0 aromatic carbocycles. The zero-order valence-corrected chi connectivity index (χ0v) is 16.1. The lowest BCUT2D eigenvalue weighted by atomic mass is 9.98. The van der Waals surface area contributed by atoms with E-state index in [1.807, 2.05) is 25.7 Å². The summed E-state index contributed by atoms with van der Waals surface area (Å²) >= 11 is 0. The Balaban J connectivity index is 1.29. The molecule has 0 radical (unpaired) electrons. The van der Waals surface area contributed by atoms with Gasteiger partial charge in [-0.1, -0.05) is 0 Å². The first-order valence-corrected chi connectivity index (χ1v) is 9.95. The molecule has 3 aliphatic rings. The van der Waals surface area contributed by atoms with Gasteiger partial charge in [0.15, 0.2) is 0 Å². The summed E-state index contributed by atoms with van der Waals surface area (Å²) in [7, 11) is 0. The normalized spacial score (nSPS) is 25.0. The van der Waals surface area contributed by atoms with Gasteiger partial charge in [-0.25, -0.2) is 4.79 Å². The van der Waals surface area contributed by atoms with Crippen LogP contribution in [-0.2, 0) is 9.47 Å². The van der Waals surface area contributed by atoms with Gasteiger partial charge in [0, 0.05) is 38.6 Å². The van der Waals surface area contributed by atoms with Crippen LogP contribution in [0.4, 0.5) is 4.79 Å². The molecule has 3 heterocycles. The van der Waals surface area contributed by atoms with Crippen molar-refractivity contribution in [2.75, 3.05) is 45.8 Å². The van der Waals surface area contributed by atoms with E-state index < -0.39 is 5.60 Å². The third kappa shape index (κ3) is 5.83. The summed E-state index contributed by atoms with van der Waals surface area (Å²) in [6.07, 6.45) is 5.34. The Morgan fingerprint density at radius 1 is 1.04 bits per heavy atom. The monoisotopic (exact) mass is 353 g/mol. The molecule has 3 aliphatic heterocycles. The molecule has 1 amide bonds. The number of likely N-dealkylation sites (tertiary alicyclic amines) is 2. The molecule has 6 nitrogen and oxygen atoms in total. The van der Waals surface area contributed by atoms with Crippen LogP contribution in [0.3, 0.4) is 0 Å². The SMILES string of the molecule is CC(C)(C)OC(=O)N1CC(CN2CCC(OC3CCNCC3)CC2)C1. The van der Waals surface area contributed by atoms with Crippen molar-refractivity contribution in [3.05, 3.63) is 0 Å². The average Bonchev–Trinajstić information content (AvgIpc) is 2.51. The molecule has 0 aromatic heterocycles. The van der Waals surface area contributed by atoms with Crippen molar-refractivity contribution in [2.24, 2.45) is 5.92 Å². The molecule has 6 heteroatoms. The van der Waals surface area contributed by atoms with E-state index in [1.165, 1.54) is 0 Å². The number of carbonyl (C=O) groups excluding carboxylic acids is 1. The fraction of sp³-hybridized carbons (Fsp3) is 0.947. The highest BCUT2D eigenvalue weighted by Crippen LogP contribution is 2.23. The predicted molar refractivity (Wildman–Crippen MR) is 97.7 cm³/mol.